The van der Waals surface area contributed by atoms with E-state index in [4.69, 9.17) is 16.5 Å². The maximum Gasteiger partial charge on any atom is 0.238 e. The van der Waals surface area contributed by atoms with Crippen LogP contribution in [-0.2, 0) is 9.59 Å². The monoisotopic (exact) mass is 448 g/mol. The van der Waals surface area contributed by atoms with E-state index in [-0.39, 0.29) is 24.9 Å². The van der Waals surface area contributed by atoms with Crippen molar-refractivity contribution in [1.29, 1.82) is 0 Å². The van der Waals surface area contributed by atoms with Crippen LogP contribution in [0.25, 0.3) is 33.5 Å². The highest BCUT2D eigenvalue weighted by molar-refractivity contribution is 5.94. The predicted octanol–water partition coefficient (Wildman–Crippen LogP) is 2.44. The van der Waals surface area contributed by atoms with E-state index in [2.05, 4.69) is 15.3 Å². The molecule has 0 radical (unpaired) electrons. The van der Waals surface area contributed by atoms with Crippen molar-refractivity contribution in [2.24, 2.45) is 11.5 Å². The van der Waals surface area contributed by atoms with Gasteiger partial charge in [-0.25, -0.2) is 4.98 Å². The molecule has 1 aliphatic carbocycles. The summed E-state index contributed by atoms with van der Waals surface area (Å²) in [5, 5.41) is 2.99. The van der Waals surface area contributed by atoms with Crippen LogP contribution < -0.4 is 16.8 Å². The second-order valence-corrected chi connectivity index (χ2v) is 7.55. The highest BCUT2D eigenvalue weighted by Crippen LogP contribution is 2.47. The molecule has 6 N–H and O–H groups in total. The number of primary amides is 1. The van der Waals surface area contributed by atoms with E-state index in [1.807, 2.05) is 48.5 Å². The van der Waals surface area contributed by atoms with Crippen molar-refractivity contribution in [2.45, 2.75) is 18.5 Å². The zero-order chi connectivity index (χ0) is 21.5. The number of aromatic nitrogens is 3. The average Bonchev–Trinajstić information content (AvgIpc) is 3.33. The Balaban J connectivity index is 0.00000245. The molecular weight excluding hydrogens is 428 g/mol. The maximum atomic E-state index is 12.7. The third kappa shape index (κ3) is 3.59. The van der Waals surface area contributed by atoms with E-state index in [1.54, 1.807) is 12.4 Å². The number of H-pyrrole nitrogens is 1. The zero-order valence-electron chi connectivity index (χ0n) is 16.9. The van der Waals surface area contributed by atoms with Gasteiger partial charge in [0.15, 0.2) is 0 Å². The lowest BCUT2D eigenvalue weighted by Crippen LogP contribution is -2.44. The van der Waals surface area contributed by atoms with Gasteiger partial charge in [-0.05, 0) is 28.3 Å². The van der Waals surface area contributed by atoms with Gasteiger partial charge >= 0.3 is 0 Å². The standard InChI is InChI=1S/C23H20N6O2.ClH/c24-16(10-19(25)30)23(31)29-21-13-5-2-1-4-12(13)20-14(21)6-3-7-15(20)22-27-17-8-9-26-11-18(17)28-22;/h1-9,11,16,21H,10,24H2,(H2,25,30)(H,27,28)(H,29,31);1H/t16-,21?;/m0./s1. The zero-order valence-corrected chi connectivity index (χ0v) is 17.7. The number of rotatable bonds is 5. The van der Waals surface area contributed by atoms with Gasteiger partial charge in [-0.15, -0.1) is 12.4 Å². The van der Waals surface area contributed by atoms with Crippen LogP contribution in [-0.4, -0.2) is 32.8 Å². The molecule has 2 aromatic carbocycles. The summed E-state index contributed by atoms with van der Waals surface area (Å²) in [6.07, 6.45) is 3.24. The van der Waals surface area contributed by atoms with Crippen molar-refractivity contribution in [3.05, 3.63) is 72.1 Å². The van der Waals surface area contributed by atoms with Crippen LogP contribution in [0.3, 0.4) is 0 Å². The Kier molecular flexibility index (Phi) is 5.65. The number of fused-ring (bicyclic) bond motifs is 4. The largest absolute Gasteiger partial charge is 0.370 e. The molecule has 162 valence electrons. The fourth-order valence-corrected chi connectivity index (χ4v) is 4.15. The van der Waals surface area contributed by atoms with Crippen LogP contribution in [0.4, 0.5) is 0 Å². The summed E-state index contributed by atoms with van der Waals surface area (Å²) < 4.78 is 0. The molecule has 0 saturated carbocycles. The number of hydrogen-bond donors (Lipinski definition) is 4. The number of nitrogens with one attached hydrogen (secondary N) is 2. The summed E-state index contributed by atoms with van der Waals surface area (Å²) in [5.41, 5.74) is 17.6. The van der Waals surface area contributed by atoms with Crippen LogP contribution in [0.15, 0.2) is 60.9 Å². The van der Waals surface area contributed by atoms with Crippen molar-refractivity contribution in [3.63, 3.8) is 0 Å². The van der Waals surface area contributed by atoms with Gasteiger partial charge < -0.3 is 21.8 Å². The number of nitrogens with zero attached hydrogens (tertiary/aromatic N) is 2. The first-order chi connectivity index (χ1) is 15.0. The lowest BCUT2D eigenvalue weighted by atomic mass is 9.98. The van der Waals surface area contributed by atoms with E-state index in [1.165, 1.54) is 0 Å². The number of nitrogens with two attached hydrogens (primary N) is 2. The smallest absolute Gasteiger partial charge is 0.238 e. The molecule has 0 aliphatic heterocycles. The van der Waals surface area contributed by atoms with Gasteiger partial charge in [0.1, 0.15) is 5.82 Å². The quantitative estimate of drug-likeness (QED) is 0.371. The maximum absolute atomic E-state index is 12.7. The second kappa shape index (κ2) is 8.41. The Morgan fingerprint density at radius 1 is 1.06 bits per heavy atom. The minimum absolute atomic E-state index is 0. The highest BCUT2D eigenvalue weighted by Gasteiger charge is 2.33. The first-order valence-corrected chi connectivity index (χ1v) is 9.89. The fourth-order valence-electron chi connectivity index (χ4n) is 4.15. The van der Waals surface area contributed by atoms with Gasteiger partial charge in [0.2, 0.25) is 11.8 Å². The number of benzene rings is 2. The summed E-state index contributed by atoms with van der Waals surface area (Å²) in [4.78, 5) is 36.0. The minimum Gasteiger partial charge on any atom is -0.370 e. The molecule has 0 fully saturated rings. The topological polar surface area (TPSA) is 140 Å². The van der Waals surface area contributed by atoms with E-state index < -0.39 is 17.9 Å². The summed E-state index contributed by atoms with van der Waals surface area (Å²) in [6.45, 7) is 0. The van der Waals surface area contributed by atoms with Gasteiger partial charge in [-0.3, -0.25) is 14.6 Å². The molecule has 0 bridgehead atoms. The Hall–Kier alpha value is -3.75. The molecule has 1 unspecified atom stereocenters. The number of pyridine rings is 1. The van der Waals surface area contributed by atoms with E-state index in [0.717, 1.165) is 44.7 Å². The van der Waals surface area contributed by atoms with Crippen molar-refractivity contribution >= 4 is 35.3 Å². The third-order valence-corrected chi connectivity index (χ3v) is 5.53. The molecule has 2 heterocycles. The van der Waals surface area contributed by atoms with Crippen molar-refractivity contribution in [1.82, 2.24) is 20.3 Å². The average molecular weight is 449 g/mol. The van der Waals surface area contributed by atoms with Crippen LogP contribution in [0, 0.1) is 0 Å². The summed E-state index contributed by atoms with van der Waals surface area (Å²) in [7, 11) is 0. The molecule has 4 aromatic rings. The lowest BCUT2D eigenvalue weighted by Gasteiger charge is -2.18. The molecule has 5 rings (SSSR count). The third-order valence-electron chi connectivity index (χ3n) is 5.53. The van der Waals surface area contributed by atoms with E-state index >= 15 is 0 Å². The first-order valence-electron chi connectivity index (χ1n) is 9.89. The molecule has 2 atom stereocenters. The second-order valence-electron chi connectivity index (χ2n) is 7.55. The number of aromatic amines is 1. The van der Waals surface area contributed by atoms with Gasteiger partial charge in [0.05, 0.1) is 35.7 Å². The number of imidazole rings is 1. The molecule has 2 aromatic heterocycles. The molecule has 0 saturated heterocycles. The number of amides is 2. The highest BCUT2D eigenvalue weighted by atomic mass is 35.5. The van der Waals surface area contributed by atoms with Crippen molar-refractivity contribution < 1.29 is 9.59 Å². The first kappa shape index (κ1) is 21.5. The Labute approximate surface area is 189 Å². The Morgan fingerprint density at radius 2 is 1.81 bits per heavy atom. The molecule has 8 nitrogen and oxygen atoms in total. The van der Waals surface area contributed by atoms with Crippen LogP contribution in [0.5, 0.6) is 0 Å². The SMILES string of the molecule is Cl.NC(=O)C[C@H](N)C(=O)NC1c2ccccc2-c2c(-c3nc4ccncc4[nH]3)cccc21. The van der Waals surface area contributed by atoms with Gasteiger partial charge in [-0.1, -0.05) is 42.5 Å². The Morgan fingerprint density at radius 3 is 2.59 bits per heavy atom. The minimum atomic E-state index is -1.00. The fraction of sp³-hybridized carbons (Fsp3) is 0.130. The molecule has 1 aliphatic rings. The summed E-state index contributed by atoms with van der Waals surface area (Å²) in [5.74, 6) is -0.310. The van der Waals surface area contributed by atoms with Crippen molar-refractivity contribution in [3.8, 4) is 22.5 Å². The molecule has 32 heavy (non-hydrogen) atoms. The van der Waals surface area contributed by atoms with Gasteiger partial charge in [0, 0.05) is 11.8 Å². The van der Waals surface area contributed by atoms with Crippen LogP contribution in [0.1, 0.15) is 23.6 Å². The molecular formula is C23H21ClN6O2. The van der Waals surface area contributed by atoms with Crippen LogP contribution >= 0.6 is 12.4 Å². The number of carbonyl (C=O) groups is 2. The van der Waals surface area contributed by atoms with Crippen molar-refractivity contribution in [2.75, 3.05) is 0 Å². The predicted molar refractivity (Wildman–Crippen MR) is 124 cm³/mol. The molecule has 9 heteroatoms. The lowest BCUT2D eigenvalue weighted by molar-refractivity contribution is -0.126. The summed E-state index contributed by atoms with van der Waals surface area (Å²) in [6, 6.07) is 14.3. The van der Waals surface area contributed by atoms with E-state index in [0.29, 0.717) is 0 Å². The number of halogens is 1. The van der Waals surface area contributed by atoms with Crippen LogP contribution in [0.2, 0.25) is 0 Å². The molecule has 2 amide bonds. The number of hydrogen-bond acceptors (Lipinski definition) is 5. The van der Waals surface area contributed by atoms with E-state index in [9.17, 15) is 9.59 Å². The number of carbonyl (C=O) groups excluding carboxylic acids is 2. The summed E-state index contributed by atoms with van der Waals surface area (Å²) >= 11 is 0. The molecule has 0 spiro atoms. The normalized spacial score (nSPS) is 14.8. The Bertz CT molecular complexity index is 1300. The van der Waals surface area contributed by atoms with Gasteiger partial charge in [-0.2, -0.15) is 0 Å². The van der Waals surface area contributed by atoms with Gasteiger partial charge in [0.25, 0.3) is 0 Å².